The van der Waals surface area contributed by atoms with Crippen molar-refractivity contribution in [1.29, 1.82) is 0 Å². The molecule has 1 heterocycles. The standard InChI is InChI=1S/C13H21N3O/c1-9-8-10(9)11-15-12(17-16-11)13(14)6-4-2-3-5-7-13/h9-10H,2-8,14H2,1H3. The molecule has 0 aliphatic heterocycles. The first-order chi connectivity index (χ1) is 8.19. The van der Waals surface area contributed by atoms with Crippen LogP contribution in [0, 0.1) is 5.92 Å². The van der Waals surface area contributed by atoms with Crippen LogP contribution < -0.4 is 5.73 Å². The molecule has 2 saturated carbocycles. The van der Waals surface area contributed by atoms with Crippen LogP contribution >= 0.6 is 0 Å². The van der Waals surface area contributed by atoms with E-state index in [-0.39, 0.29) is 5.54 Å². The third-order valence-corrected chi connectivity index (χ3v) is 4.30. The molecule has 4 nitrogen and oxygen atoms in total. The van der Waals surface area contributed by atoms with Crippen LogP contribution in [0.4, 0.5) is 0 Å². The smallest absolute Gasteiger partial charge is 0.246 e. The molecule has 0 radical (unpaired) electrons. The summed E-state index contributed by atoms with van der Waals surface area (Å²) >= 11 is 0. The highest BCUT2D eigenvalue weighted by Crippen LogP contribution is 2.46. The molecular weight excluding hydrogens is 214 g/mol. The number of nitrogens with two attached hydrogens (primary N) is 1. The van der Waals surface area contributed by atoms with Crippen molar-refractivity contribution < 1.29 is 4.52 Å². The Morgan fingerprint density at radius 2 is 1.88 bits per heavy atom. The number of nitrogens with zero attached hydrogens (tertiary/aromatic N) is 2. The Morgan fingerprint density at radius 1 is 1.24 bits per heavy atom. The molecule has 4 heteroatoms. The van der Waals surface area contributed by atoms with E-state index in [1.54, 1.807) is 0 Å². The number of hydrogen-bond donors (Lipinski definition) is 1. The summed E-state index contributed by atoms with van der Waals surface area (Å²) in [6.07, 6.45) is 8.06. The summed E-state index contributed by atoms with van der Waals surface area (Å²) in [7, 11) is 0. The molecule has 0 saturated heterocycles. The van der Waals surface area contributed by atoms with Crippen molar-refractivity contribution in [3.63, 3.8) is 0 Å². The Hall–Kier alpha value is -0.900. The number of hydrogen-bond acceptors (Lipinski definition) is 4. The molecule has 2 unspecified atom stereocenters. The van der Waals surface area contributed by atoms with E-state index in [1.807, 2.05) is 0 Å². The second-order valence-corrected chi connectivity index (χ2v) is 5.85. The van der Waals surface area contributed by atoms with Crippen molar-refractivity contribution >= 4 is 0 Å². The normalized spacial score (nSPS) is 32.1. The van der Waals surface area contributed by atoms with E-state index in [0.29, 0.717) is 17.7 Å². The maximum absolute atomic E-state index is 6.45. The quantitative estimate of drug-likeness (QED) is 0.800. The zero-order valence-corrected chi connectivity index (χ0v) is 10.5. The molecule has 0 bridgehead atoms. The fraction of sp³-hybridized carbons (Fsp3) is 0.846. The van der Waals surface area contributed by atoms with Crippen LogP contribution in [0.25, 0.3) is 0 Å². The van der Waals surface area contributed by atoms with Gasteiger partial charge in [0.05, 0.1) is 5.54 Å². The molecule has 94 valence electrons. The maximum Gasteiger partial charge on any atom is 0.246 e. The highest BCUT2D eigenvalue weighted by molar-refractivity contribution is 5.11. The summed E-state index contributed by atoms with van der Waals surface area (Å²) < 4.78 is 5.43. The molecule has 0 spiro atoms. The molecule has 2 aliphatic carbocycles. The lowest BCUT2D eigenvalue weighted by atomic mass is 9.91. The molecule has 2 N–H and O–H groups in total. The van der Waals surface area contributed by atoms with Gasteiger partial charge in [0.15, 0.2) is 5.82 Å². The van der Waals surface area contributed by atoms with Crippen LogP contribution in [0.1, 0.15) is 69.5 Å². The van der Waals surface area contributed by atoms with Crippen molar-refractivity contribution in [3.8, 4) is 0 Å². The predicted molar refractivity (Wildman–Crippen MR) is 64.4 cm³/mol. The van der Waals surface area contributed by atoms with Crippen molar-refractivity contribution in [3.05, 3.63) is 11.7 Å². The molecule has 2 fully saturated rings. The van der Waals surface area contributed by atoms with Crippen LogP contribution in [0.5, 0.6) is 0 Å². The predicted octanol–water partition coefficient (Wildman–Crippen LogP) is 2.70. The van der Waals surface area contributed by atoms with Gasteiger partial charge in [-0.3, -0.25) is 0 Å². The lowest BCUT2D eigenvalue weighted by Crippen LogP contribution is -2.36. The minimum absolute atomic E-state index is 0.361. The molecule has 1 aromatic rings. The molecule has 0 amide bonds. The van der Waals surface area contributed by atoms with Gasteiger partial charge in [-0.15, -0.1) is 0 Å². The fourth-order valence-corrected chi connectivity index (χ4v) is 2.84. The van der Waals surface area contributed by atoms with E-state index in [1.165, 1.54) is 32.1 Å². The van der Waals surface area contributed by atoms with Gasteiger partial charge in [0, 0.05) is 5.92 Å². The fourth-order valence-electron chi connectivity index (χ4n) is 2.84. The Morgan fingerprint density at radius 3 is 2.47 bits per heavy atom. The van der Waals surface area contributed by atoms with Gasteiger partial charge in [-0.1, -0.05) is 37.8 Å². The first kappa shape index (κ1) is 11.2. The largest absolute Gasteiger partial charge is 0.337 e. The van der Waals surface area contributed by atoms with Gasteiger partial charge in [0.1, 0.15) is 0 Å². The van der Waals surface area contributed by atoms with Gasteiger partial charge in [-0.05, 0) is 25.2 Å². The van der Waals surface area contributed by atoms with Crippen molar-refractivity contribution in [2.24, 2.45) is 11.7 Å². The molecule has 0 aromatic carbocycles. The first-order valence-electron chi connectivity index (χ1n) is 6.82. The zero-order chi connectivity index (χ0) is 11.9. The van der Waals surface area contributed by atoms with E-state index in [4.69, 9.17) is 10.3 Å². The van der Waals surface area contributed by atoms with Gasteiger partial charge in [-0.2, -0.15) is 4.98 Å². The van der Waals surface area contributed by atoms with E-state index >= 15 is 0 Å². The van der Waals surface area contributed by atoms with Crippen molar-refractivity contribution in [2.45, 2.75) is 63.3 Å². The monoisotopic (exact) mass is 235 g/mol. The minimum Gasteiger partial charge on any atom is -0.337 e. The Bertz CT molecular complexity index is 393. The van der Waals surface area contributed by atoms with Crippen LogP contribution in [-0.2, 0) is 5.54 Å². The molecule has 1 aromatic heterocycles. The molecule has 3 rings (SSSR count). The average Bonchev–Trinajstić information content (AvgIpc) is 2.90. The van der Waals surface area contributed by atoms with Gasteiger partial charge < -0.3 is 10.3 Å². The van der Waals surface area contributed by atoms with Gasteiger partial charge in [0.2, 0.25) is 5.89 Å². The summed E-state index contributed by atoms with van der Waals surface area (Å²) in [6, 6.07) is 0. The summed E-state index contributed by atoms with van der Waals surface area (Å²) in [4.78, 5) is 4.56. The number of rotatable bonds is 2. The average molecular weight is 235 g/mol. The SMILES string of the molecule is CC1CC1c1noc(C2(N)CCCCCC2)n1. The van der Waals surface area contributed by atoms with E-state index < -0.39 is 0 Å². The summed E-state index contributed by atoms with van der Waals surface area (Å²) in [6.45, 7) is 2.23. The lowest BCUT2D eigenvalue weighted by Gasteiger charge is -2.22. The van der Waals surface area contributed by atoms with E-state index in [0.717, 1.165) is 18.7 Å². The topological polar surface area (TPSA) is 64.9 Å². The summed E-state index contributed by atoms with van der Waals surface area (Å²) in [5.74, 6) is 2.78. The Labute approximate surface area is 102 Å². The van der Waals surface area contributed by atoms with Gasteiger partial charge in [0.25, 0.3) is 0 Å². The highest BCUT2D eigenvalue weighted by atomic mass is 16.5. The molecule has 2 atom stereocenters. The molecule has 2 aliphatic rings. The Balaban J connectivity index is 1.79. The minimum atomic E-state index is -0.361. The molecular formula is C13H21N3O. The van der Waals surface area contributed by atoms with Gasteiger partial charge >= 0.3 is 0 Å². The lowest BCUT2D eigenvalue weighted by molar-refractivity contribution is 0.256. The van der Waals surface area contributed by atoms with Crippen LogP contribution in [-0.4, -0.2) is 10.1 Å². The van der Waals surface area contributed by atoms with Crippen LogP contribution in [0.3, 0.4) is 0 Å². The van der Waals surface area contributed by atoms with Gasteiger partial charge in [-0.25, -0.2) is 0 Å². The molecule has 17 heavy (non-hydrogen) atoms. The third kappa shape index (κ3) is 2.10. The number of aromatic nitrogens is 2. The van der Waals surface area contributed by atoms with Crippen molar-refractivity contribution in [2.75, 3.05) is 0 Å². The maximum atomic E-state index is 6.45. The van der Waals surface area contributed by atoms with Crippen molar-refractivity contribution in [1.82, 2.24) is 10.1 Å². The van der Waals surface area contributed by atoms with Crippen LogP contribution in [0.15, 0.2) is 4.52 Å². The van der Waals surface area contributed by atoms with Crippen LogP contribution in [0.2, 0.25) is 0 Å². The second-order valence-electron chi connectivity index (χ2n) is 5.85. The van der Waals surface area contributed by atoms with E-state index in [2.05, 4.69) is 17.1 Å². The first-order valence-corrected chi connectivity index (χ1v) is 6.82. The summed E-state index contributed by atoms with van der Waals surface area (Å²) in [5, 5.41) is 4.11. The Kier molecular flexibility index (Phi) is 2.69. The third-order valence-electron chi connectivity index (χ3n) is 4.30. The zero-order valence-electron chi connectivity index (χ0n) is 10.5. The second kappa shape index (κ2) is 4.09. The van der Waals surface area contributed by atoms with E-state index in [9.17, 15) is 0 Å². The summed E-state index contributed by atoms with van der Waals surface area (Å²) in [5.41, 5.74) is 6.09. The highest BCUT2D eigenvalue weighted by Gasteiger charge is 2.40.